The van der Waals surface area contributed by atoms with Gasteiger partial charge in [0.2, 0.25) is 0 Å². The van der Waals surface area contributed by atoms with Gasteiger partial charge in [-0.3, -0.25) is 0 Å². The van der Waals surface area contributed by atoms with Gasteiger partial charge < -0.3 is 4.74 Å². The lowest BCUT2D eigenvalue weighted by atomic mass is 9.64. The van der Waals surface area contributed by atoms with Gasteiger partial charge in [-0.2, -0.15) is 0 Å². The molecule has 0 aromatic heterocycles. The molecule has 0 bridgehead atoms. The van der Waals surface area contributed by atoms with Gasteiger partial charge in [-0.05, 0) is 24.8 Å². The zero-order chi connectivity index (χ0) is 11.7. The molecule has 2 aliphatic rings. The summed E-state index contributed by atoms with van der Waals surface area (Å²) < 4.78 is 6.09. The SMILES string of the molecule is ClC1CC(OCc2ccccc2)C12CCCC2. The molecular weight excluding hydrogens is 232 g/mol. The number of alkyl halides is 1. The van der Waals surface area contributed by atoms with E-state index in [1.165, 1.54) is 31.2 Å². The third-order valence-corrected chi connectivity index (χ3v) is 5.13. The van der Waals surface area contributed by atoms with Gasteiger partial charge in [-0.25, -0.2) is 0 Å². The van der Waals surface area contributed by atoms with E-state index in [1.807, 2.05) is 6.07 Å². The van der Waals surface area contributed by atoms with Crippen molar-refractivity contribution in [3.05, 3.63) is 35.9 Å². The zero-order valence-corrected chi connectivity index (χ0v) is 10.8. The van der Waals surface area contributed by atoms with Gasteiger partial charge in [0.1, 0.15) is 0 Å². The molecule has 0 radical (unpaired) electrons. The molecule has 1 spiro atoms. The molecule has 0 amide bonds. The summed E-state index contributed by atoms with van der Waals surface area (Å²) >= 11 is 6.41. The van der Waals surface area contributed by atoms with Crippen molar-refractivity contribution in [1.29, 1.82) is 0 Å². The van der Waals surface area contributed by atoms with Gasteiger partial charge in [-0.1, -0.05) is 43.2 Å². The first-order valence-electron chi connectivity index (χ1n) is 6.61. The number of hydrogen-bond donors (Lipinski definition) is 0. The quantitative estimate of drug-likeness (QED) is 0.733. The van der Waals surface area contributed by atoms with Gasteiger partial charge in [0, 0.05) is 10.8 Å². The molecule has 2 aliphatic carbocycles. The highest BCUT2D eigenvalue weighted by molar-refractivity contribution is 6.21. The predicted molar refractivity (Wildman–Crippen MR) is 70.2 cm³/mol. The van der Waals surface area contributed by atoms with Crippen LogP contribution in [0.25, 0.3) is 0 Å². The summed E-state index contributed by atoms with van der Waals surface area (Å²) in [6.45, 7) is 0.733. The van der Waals surface area contributed by atoms with Gasteiger partial charge in [0.25, 0.3) is 0 Å². The first-order valence-corrected chi connectivity index (χ1v) is 7.04. The van der Waals surface area contributed by atoms with E-state index >= 15 is 0 Å². The minimum atomic E-state index is 0.316. The Kier molecular flexibility index (Phi) is 3.14. The number of halogens is 1. The average Bonchev–Trinajstić information content (AvgIpc) is 2.88. The molecule has 17 heavy (non-hydrogen) atoms. The molecule has 92 valence electrons. The summed E-state index contributed by atoms with van der Waals surface area (Å²) in [6, 6.07) is 10.4. The summed E-state index contributed by atoms with van der Waals surface area (Å²) in [5.41, 5.74) is 1.58. The van der Waals surface area contributed by atoms with Crippen LogP contribution in [0.3, 0.4) is 0 Å². The van der Waals surface area contributed by atoms with Crippen LogP contribution in [0.15, 0.2) is 30.3 Å². The van der Waals surface area contributed by atoms with Crippen LogP contribution in [0.5, 0.6) is 0 Å². The van der Waals surface area contributed by atoms with Crippen LogP contribution in [0.2, 0.25) is 0 Å². The maximum absolute atomic E-state index is 6.41. The Balaban J connectivity index is 1.60. The van der Waals surface area contributed by atoms with E-state index in [9.17, 15) is 0 Å². The van der Waals surface area contributed by atoms with Gasteiger partial charge in [-0.15, -0.1) is 11.6 Å². The lowest BCUT2D eigenvalue weighted by Crippen LogP contribution is -2.54. The summed E-state index contributed by atoms with van der Waals surface area (Å²) in [5.74, 6) is 0. The first kappa shape index (κ1) is 11.6. The molecule has 1 aromatic carbocycles. The Hall–Kier alpha value is -0.530. The maximum atomic E-state index is 6.41. The first-order chi connectivity index (χ1) is 8.31. The number of hydrogen-bond acceptors (Lipinski definition) is 1. The van der Waals surface area contributed by atoms with Crippen LogP contribution in [-0.2, 0) is 11.3 Å². The monoisotopic (exact) mass is 250 g/mol. The molecule has 3 rings (SSSR count). The van der Waals surface area contributed by atoms with Crippen molar-refractivity contribution in [3.63, 3.8) is 0 Å². The Bertz CT molecular complexity index is 370. The molecule has 0 saturated heterocycles. The van der Waals surface area contributed by atoms with E-state index in [2.05, 4.69) is 24.3 Å². The minimum Gasteiger partial charge on any atom is -0.373 e. The molecule has 2 heteroatoms. The highest BCUT2D eigenvalue weighted by Gasteiger charge is 2.55. The largest absolute Gasteiger partial charge is 0.373 e. The molecule has 1 aromatic rings. The van der Waals surface area contributed by atoms with Crippen molar-refractivity contribution in [2.45, 2.75) is 50.2 Å². The second kappa shape index (κ2) is 4.62. The predicted octanol–water partition coefficient (Wildman–Crippen LogP) is 4.14. The van der Waals surface area contributed by atoms with Crippen molar-refractivity contribution in [1.82, 2.24) is 0 Å². The van der Waals surface area contributed by atoms with Gasteiger partial charge in [0.05, 0.1) is 12.7 Å². The summed E-state index contributed by atoms with van der Waals surface area (Å²) in [4.78, 5) is 0. The van der Waals surface area contributed by atoms with Crippen molar-refractivity contribution in [2.24, 2.45) is 5.41 Å². The normalized spacial score (nSPS) is 30.4. The van der Waals surface area contributed by atoms with E-state index in [-0.39, 0.29) is 0 Å². The lowest BCUT2D eigenvalue weighted by molar-refractivity contribution is -0.112. The molecule has 1 nitrogen and oxygen atoms in total. The zero-order valence-electron chi connectivity index (χ0n) is 10.1. The summed E-state index contributed by atoms with van der Waals surface area (Å²) in [5, 5.41) is 0.353. The molecular formula is C15H19ClO. The number of rotatable bonds is 3. The van der Waals surface area contributed by atoms with E-state index in [0.29, 0.717) is 16.9 Å². The second-order valence-corrected chi connectivity index (χ2v) is 5.96. The number of ether oxygens (including phenoxy) is 1. The second-order valence-electron chi connectivity index (χ2n) is 5.43. The molecule has 0 heterocycles. The maximum Gasteiger partial charge on any atom is 0.0720 e. The Morgan fingerprint density at radius 1 is 1.18 bits per heavy atom. The molecule has 2 fully saturated rings. The molecule has 2 saturated carbocycles. The van der Waals surface area contributed by atoms with E-state index in [1.54, 1.807) is 0 Å². The fourth-order valence-corrected chi connectivity index (χ4v) is 3.89. The average molecular weight is 251 g/mol. The van der Waals surface area contributed by atoms with Gasteiger partial charge in [0.15, 0.2) is 0 Å². The van der Waals surface area contributed by atoms with Crippen LogP contribution in [0.1, 0.15) is 37.7 Å². The van der Waals surface area contributed by atoms with Crippen molar-refractivity contribution >= 4 is 11.6 Å². The van der Waals surface area contributed by atoms with Crippen molar-refractivity contribution in [3.8, 4) is 0 Å². The summed E-state index contributed by atoms with van der Waals surface area (Å²) in [7, 11) is 0. The highest BCUT2D eigenvalue weighted by Crippen LogP contribution is 2.57. The smallest absolute Gasteiger partial charge is 0.0720 e. The Labute approximate surface area is 108 Å². The number of benzene rings is 1. The van der Waals surface area contributed by atoms with E-state index < -0.39 is 0 Å². The lowest BCUT2D eigenvalue weighted by Gasteiger charge is -2.51. The van der Waals surface area contributed by atoms with Crippen LogP contribution in [-0.4, -0.2) is 11.5 Å². The Morgan fingerprint density at radius 3 is 2.53 bits per heavy atom. The third-order valence-electron chi connectivity index (χ3n) is 4.51. The van der Waals surface area contributed by atoms with Crippen molar-refractivity contribution < 1.29 is 4.74 Å². The van der Waals surface area contributed by atoms with E-state index in [0.717, 1.165) is 13.0 Å². The van der Waals surface area contributed by atoms with Gasteiger partial charge >= 0.3 is 0 Å². The van der Waals surface area contributed by atoms with E-state index in [4.69, 9.17) is 16.3 Å². The van der Waals surface area contributed by atoms with Crippen LogP contribution < -0.4 is 0 Å². The topological polar surface area (TPSA) is 9.23 Å². The Morgan fingerprint density at radius 2 is 1.88 bits per heavy atom. The van der Waals surface area contributed by atoms with Crippen LogP contribution in [0.4, 0.5) is 0 Å². The van der Waals surface area contributed by atoms with Crippen LogP contribution >= 0.6 is 11.6 Å². The minimum absolute atomic E-state index is 0.316. The summed E-state index contributed by atoms with van der Waals surface area (Å²) in [6.07, 6.45) is 6.62. The molecule has 2 unspecified atom stereocenters. The van der Waals surface area contributed by atoms with Crippen LogP contribution in [0, 0.1) is 5.41 Å². The fraction of sp³-hybridized carbons (Fsp3) is 0.600. The molecule has 2 atom stereocenters. The van der Waals surface area contributed by atoms with Crippen molar-refractivity contribution in [2.75, 3.05) is 0 Å². The molecule has 0 N–H and O–H groups in total. The highest BCUT2D eigenvalue weighted by atomic mass is 35.5. The fourth-order valence-electron chi connectivity index (χ4n) is 3.37. The third kappa shape index (κ3) is 2.00. The molecule has 0 aliphatic heterocycles. The standard InChI is InChI=1S/C15H19ClO/c16-13-10-14(15(13)8-4-5-9-15)17-11-12-6-2-1-3-7-12/h1-3,6-7,13-14H,4-5,8-11H2.